The number of rotatable bonds is 8. The molecule has 28 heavy (non-hydrogen) atoms. The smallest absolute Gasteiger partial charge is 0.333 e. The van der Waals surface area contributed by atoms with Crippen LogP contribution in [0.15, 0.2) is 17.8 Å². The number of aliphatic hydroxyl groups excluding tert-OH is 1. The molecule has 156 valence electrons. The van der Waals surface area contributed by atoms with Crippen molar-refractivity contribution in [1.29, 1.82) is 0 Å². The highest BCUT2D eigenvalue weighted by Crippen LogP contribution is 2.37. The molecular formula is C19H32N5O4+. The van der Waals surface area contributed by atoms with Crippen LogP contribution in [0.2, 0.25) is 0 Å². The lowest BCUT2D eigenvalue weighted by molar-refractivity contribution is -0.438. The highest BCUT2D eigenvalue weighted by Gasteiger charge is 2.46. The molecule has 0 fully saturated rings. The van der Waals surface area contributed by atoms with Gasteiger partial charge < -0.3 is 21.3 Å². The SMILES string of the molecule is CCC(O)c1cn([C@H]2C(C(=O)O)=C[C@@H](C(CC)CC)[C@H](NC(C)=O)[C@H]2[NH3+])nn1. The van der Waals surface area contributed by atoms with E-state index in [0.29, 0.717) is 12.1 Å². The Morgan fingerprint density at radius 1 is 1.29 bits per heavy atom. The van der Waals surface area contributed by atoms with Crippen molar-refractivity contribution in [3.63, 3.8) is 0 Å². The quantitative estimate of drug-likeness (QED) is 0.504. The van der Waals surface area contributed by atoms with Crippen LogP contribution < -0.4 is 11.1 Å². The van der Waals surface area contributed by atoms with Crippen LogP contribution in [0.4, 0.5) is 0 Å². The fourth-order valence-corrected chi connectivity index (χ4v) is 4.15. The molecule has 1 aliphatic carbocycles. The summed E-state index contributed by atoms with van der Waals surface area (Å²) in [6.07, 6.45) is 4.77. The van der Waals surface area contributed by atoms with Gasteiger partial charge in [0.2, 0.25) is 5.91 Å². The molecule has 1 aromatic heterocycles. The summed E-state index contributed by atoms with van der Waals surface area (Å²) in [5.41, 5.74) is 4.81. The Morgan fingerprint density at radius 3 is 2.43 bits per heavy atom. The van der Waals surface area contributed by atoms with E-state index >= 15 is 0 Å². The van der Waals surface area contributed by atoms with Crippen LogP contribution >= 0.6 is 0 Å². The molecule has 0 bridgehead atoms. The molecule has 1 unspecified atom stereocenters. The van der Waals surface area contributed by atoms with Gasteiger partial charge in [-0.3, -0.25) is 4.79 Å². The highest BCUT2D eigenvalue weighted by atomic mass is 16.4. The molecule has 1 aliphatic rings. The second kappa shape index (κ2) is 9.29. The van der Waals surface area contributed by atoms with E-state index in [-0.39, 0.29) is 29.4 Å². The van der Waals surface area contributed by atoms with Crippen molar-refractivity contribution in [3.05, 3.63) is 23.5 Å². The average molecular weight is 394 g/mol. The number of carbonyl (C=O) groups excluding carboxylic acids is 1. The number of quaternary nitrogens is 1. The van der Waals surface area contributed by atoms with Crippen LogP contribution in [-0.4, -0.2) is 49.2 Å². The van der Waals surface area contributed by atoms with E-state index < -0.39 is 24.2 Å². The monoisotopic (exact) mass is 394 g/mol. The van der Waals surface area contributed by atoms with Crippen LogP contribution in [0, 0.1) is 11.8 Å². The van der Waals surface area contributed by atoms with E-state index in [4.69, 9.17) is 0 Å². The number of nitrogens with one attached hydrogen (secondary N) is 1. The molecule has 6 N–H and O–H groups in total. The van der Waals surface area contributed by atoms with Gasteiger partial charge in [-0.2, -0.15) is 0 Å². The molecule has 0 saturated heterocycles. The maximum Gasteiger partial charge on any atom is 0.333 e. The van der Waals surface area contributed by atoms with Gasteiger partial charge in [-0.05, 0) is 12.3 Å². The molecule has 1 heterocycles. The number of aliphatic carboxylic acids is 1. The molecule has 0 radical (unpaired) electrons. The molecule has 9 heteroatoms. The third kappa shape index (κ3) is 4.41. The Morgan fingerprint density at radius 2 is 1.93 bits per heavy atom. The Hall–Kier alpha value is -2.26. The first-order valence-corrected chi connectivity index (χ1v) is 9.89. The fraction of sp³-hybridized carbons (Fsp3) is 0.684. The van der Waals surface area contributed by atoms with Crippen molar-refractivity contribution in [2.45, 2.75) is 71.2 Å². The van der Waals surface area contributed by atoms with Crippen molar-refractivity contribution in [2.75, 3.05) is 0 Å². The summed E-state index contributed by atoms with van der Waals surface area (Å²) in [4.78, 5) is 23.9. The number of hydrogen-bond acceptors (Lipinski definition) is 5. The number of aromatic nitrogens is 3. The number of aliphatic hydroxyl groups is 1. The van der Waals surface area contributed by atoms with Crippen LogP contribution in [0.25, 0.3) is 0 Å². The summed E-state index contributed by atoms with van der Waals surface area (Å²) >= 11 is 0. The lowest BCUT2D eigenvalue weighted by atomic mass is 9.72. The molecular weight excluding hydrogens is 362 g/mol. The highest BCUT2D eigenvalue weighted by molar-refractivity contribution is 5.88. The van der Waals surface area contributed by atoms with Crippen molar-refractivity contribution >= 4 is 11.9 Å². The Labute approximate surface area is 165 Å². The largest absolute Gasteiger partial charge is 0.478 e. The second-order valence-corrected chi connectivity index (χ2v) is 7.46. The topological polar surface area (TPSA) is 145 Å². The van der Waals surface area contributed by atoms with Crippen molar-refractivity contribution < 1.29 is 25.5 Å². The van der Waals surface area contributed by atoms with Gasteiger partial charge in [-0.15, -0.1) is 5.10 Å². The lowest BCUT2D eigenvalue weighted by Crippen LogP contribution is -2.75. The van der Waals surface area contributed by atoms with Crippen molar-refractivity contribution in [1.82, 2.24) is 20.3 Å². The van der Waals surface area contributed by atoms with Gasteiger partial charge in [0.15, 0.2) is 0 Å². The minimum Gasteiger partial charge on any atom is -0.478 e. The van der Waals surface area contributed by atoms with E-state index in [2.05, 4.69) is 35.2 Å². The number of carbonyl (C=O) groups is 2. The van der Waals surface area contributed by atoms with E-state index in [1.807, 2.05) is 6.92 Å². The number of hydrogen-bond donors (Lipinski definition) is 4. The third-order valence-corrected chi connectivity index (χ3v) is 5.72. The van der Waals surface area contributed by atoms with Crippen LogP contribution in [0.3, 0.4) is 0 Å². The van der Waals surface area contributed by atoms with Gasteiger partial charge in [0.05, 0.1) is 23.9 Å². The first-order valence-electron chi connectivity index (χ1n) is 9.89. The van der Waals surface area contributed by atoms with Gasteiger partial charge in [-0.1, -0.05) is 44.9 Å². The van der Waals surface area contributed by atoms with Crippen LogP contribution in [0.5, 0.6) is 0 Å². The molecule has 9 nitrogen and oxygen atoms in total. The van der Waals surface area contributed by atoms with Gasteiger partial charge in [0.1, 0.15) is 17.8 Å². The van der Waals surface area contributed by atoms with Crippen molar-refractivity contribution in [3.8, 4) is 0 Å². The molecule has 5 atom stereocenters. The van der Waals surface area contributed by atoms with Crippen LogP contribution in [-0.2, 0) is 9.59 Å². The molecule has 0 aromatic carbocycles. The summed E-state index contributed by atoms with van der Waals surface area (Å²) in [6, 6.07) is -1.47. The number of nitrogens with zero attached hydrogens (tertiary/aromatic N) is 3. The summed E-state index contributed by atoms with van der Waals surface area (Å²) in [5.74, 6) is -1.12. The number of carboxylic acid groups (broad SMARTS) is 1. The molecule has 1 amide bonds. The minimum atomic E-state index is -1.04. The van der Waals surface area contributed by atoms with E-state index in [0.717, 1.165) is 12.8 Å². The lowest BCUT2D eigenvalue weighted by Gasteiger charge is -2.40. The first kappa shape index (κ1) is 22.0. The van der Waals surface area contributed by atoms with Crippen molar-refractivity contribution in [2.24, 2.45) is 11.8 Å². The minimum absolute atomic E-state index is 0.132. The van der Waals surface area contributed by atoms with Crippen LogP contribution in [0.1, 0.15) is 64.8 Å². The zero-order valence-corrected chi connectivity index (χ0v) is 17.0. The molecule has 0 spiro atoms. The summed E-state index contributed by atoms with van der Waals surface area (Å²) < 4.78 is 1.45. The van der Waals surface area contributed by atoms with Gasteiger partial charge in [0.25, 0.3) is 0 Å². The number of carboxylic acids is 1. The molecule has 1 aromatic rings. The van der Waals surface area contributed by atoms with E-state index in [1.54, 1.807) is 12.3 Å². The fourth-order valence-electron chi connectivity index (χ4n) is 4.15. The standard InChI is InChI=1S/C19H31N5O4/c1-5-11(6-2)12-8-13(19(27)28)18(16(20)17(12)21-10(4)25)24-9-14(22-23-24)15(26)7-3/h8-9,11-12,15-18,26H,5-7,20H2,1-4H3,(H,21,25)(H,27,28)/p+1/t12-,15?,16+,17-,18-/m0/s1. The average Bonchev–Trinajstić information content (AvgIpc) is 3.13. The maximum absolute atomic E-state index is 12.1. The zero-order chi connectivity index (χ0) is 21.0. The Kier molecular flexibility index (Phi) is 7.31. The summed E-state index contributed by atoms with van der Waals surface area (Å²) in [5, 5.41) is 30.9. The van der Waals surface area contributed by atoms with Gasteiger partial charge in [0, 0.05) is 12.8 Å². The normalized spacial score (nSPS) is 26.0. The Bertz CT molecular complexity index is 728. The predicted octanol–water partition coefficient (Wildman–Crippen LogP) is 0.455. The first-order chi connectivity index (χ1) is 13.2. The zero-order valence-electron chi connectivity index (χ0n) is 17.0. The summed E-state index contributed by atoms with van der Waals surface area (Å²) in [7, 11) is 0. The summed E-state index contributed by atoms with van der Waals surface area (Å²) in [6.45, 7) is 7.40. The maximum atomic E-state index is 12.1. The molecule has 2 rings (SSSR count). The number of amides is 1. The third-order valence-electron chi connectivity index (χ3n) is 5.72. The Balaban J connectivity index is 2.54. The molecule has 0 saturated carbocycles. The van der Waals surface area contributed by atoms with E-state index in [1.165, 1.54) is 11.6 Å². The van der Waals surface area contributed by atoms with E-state index in [9.17, 15) is 19.8 Å². The van der Waals surface area contributed by atoms with Gasteiger partial charge >= 0.3 is 5.97 Å². The second-order valence-electron chi connectivity index (χ2n) is 7.46. The predicted molar refractivity (Wildman–Crippen MR) is 102 cm³/mol. The molecule has 0 aliphatic heterocycles. The van der Waals surface area contributed by atoms with Gasteiger partial charge in [-0.25, -0.2) is 9.48 Å².